The summed E-state index contributed by atoms with van der Waals surface area (Å²) >= 11 is 0. The van der Waals surface area contributed by atoms with Gasteiger partial charge in [0.1, 0.15) is 0 Å². The Labute approximate surface area is 281 Å². The van der Waals surface area contributed by atoms with Crippen molar-refractivity contribution in [1.82, 2.24) is 40.4 Å². The number of carbonyl (C=O) groups excluding carboxylic acids is 4. The van der Waals surface area contributed by atoms with Crippen molar-refractivity contribution in [1.29, 1.82) is 0 Å². The van der Waals surface area contributed by atoms with Crippen LogP contribution in [0.15, 0.2) is 79.3 Å². The van der Waals surface area contributed by atoms with Crippen LogP contribution in [-0.2, 0) is 40.1 Å². The number of aryl methyl sites for hydroxylation is 2. The minimum atomic E-state index is -2.90. The fraction of sp³-hybridized carbons (Fsp3) is 0.314. The smallest absolute Gasteiger partial charge is 0.282 e. The Kier molecular flexibility index (Phi) is 9.13. The van der Waals surface area contributed by atoms with Crippen molar-refractivity contribution in [3.8, 4) is 22.4 Å². The number of amides is 4. The first-order chi connectivity index (χ1) is 23.4. The first kappa shape index (κ1) is 33.2. The van der Waals surface area contributed by atoms with Gasteiger partial charge in [-0.15, -0.1) is 0 Å². The molecule has 4 amide bonds. The molecule has 14 heteroatoms. The molecule has 1 aliphatic heterocycles. The Morgan fingerprint density at radius 3 is 2.39 bits per heavy atom. The van der Waals surface area contributed by atoms with Gasteiger partial charge in [-0.1, -0.05) is 18.2 Å². The van der Waals surface area contributed by atoms with Crippen LogP contribution in [0.3, 0.4) is 0 Å². The monoisotopic (exact) mass is 670 g/mol. The second kappa shape index (κ2) is 13.5. The van der Waals surface area contributed by atoms with Crippen LogP contribution in [0.1, 0.15) is 41.3 Å². The number of rotatable bonds is 12. The summed E-state index contributed by atoms with van der Waals surface area (Å²) in [5.41, 5.74) is 5.04. The maximum Gasteiger partial charge on any atom is 0.282 e. The second-order valence-electron chi connectivity index (χ2n) is 12.3. The van der Waals surface area contributed by atoms with E-state index in [2.05, 4.69) is 39.2 Å². The predicted molar refractivity (Wildman–Crippen MR) is 176 cm³/mol. The van der Waals surface area contributed by atoms with Crippen molar-refractivity contribution in [3.05, 3.63) is 96.0 Å². The second-order valence-corrected chi connectivity index (χ2v) is 12.3. The third-order valence-corrected chi connectivity index (χ3v) is 8.58. The van der Waals surface area contributed by atoms with Crippen molar-refractivity contribution in [2.24, 2.45) is 7.05 Å². The number of alkyl halides is 2. The van der Waals surface area contributed by atoms with Gasteiger partial charge in [0, 0.05) is 61.4 Å². The molecule has 1 saturated carbocycles. The third kappa shape index (κ3) is 7.74. The summed E-state index contributed by atoms with van der Waals surface area (Å²) < 4.78 is 29.5. The van der Waals surface area contributed by atoms with E-state index in [4.69, 9.17) is 5.10 Å². The Hall–Kier alpha value is -5.66. The van der Waals surface area contributed by atoms with E-state index in [-0.39, 0.29) is 19.0 Å². The van der Waals surface area contributed by atoms with E-state index in [1.165, 1.54) is 0 Å². The van der Waals surface area contributed by atoms with Crippen LogP contribution in [0.5, 0.6) is 0 Å². The molecule has 4 aromatic rings. The van der Waals surface area contributed by atoms with Crippen molar-refractivity contribution in [2.75, 3.05) is 19.6 Å². The van der Waals surface area contributed by atoms with Crippen LogP contribution in [0.2, 0.25) is 0 Å². The lowest BCUT2D eigenvalue weighted by molar-refractivity contribution is -0.160. The summed E-state index contributed by atoms with van der Waals surface area (Å²) in [4.78, 5) is 51.0. The molecule has 2 aliphatic rings. The van der Waals surface area contributed by atoms with Gasteiger partial charge in [-0.05, 0) is 66.8 Å². The summed E-state index contributed by atoms with van der Waals surface area (Å²) in [5.74, 6) is -5.14. The van der Waals surface area contributed by atoms with Crippen molar-refractivity contribution < 1.29 is 28.0 Å². The van der Waals surface area contributed by atoms with Gasteiger partial charge in [-0.3, -0.25) is 28.5 Å². The van der Waals surface area contributed by atoms with Gasteiger partial charge in [-0.2, -0.15) is 10.2 Å². The number of halogens is 2. The predicted octanol–water partition coefficient (Wildman–Crippen LogP) is 3.16. The van der Waals surface area contributed by atoms with Gasteiger partial charge in [0.15, 0.2) is 0 Å². The minimum absolute atomic E-state index is 0.0313. The first-order valence-corrected chi connectivity index (χ1v) is 15.9. The van der Waals surface area contributed by atoms with Crippen LogP contribution in [0.4, 0.5) is 8.78 Å². The molecule has 0 unspecified atom stereocenters. The van der Waals surface area contributed by atoms with Crippen LogP contribution in [-0.4, -0.2) is 73.6 Å². The number of benzene rings is 2. The molecule has 0 atom stereocenters. The zero-order valence-corrected chi connectivity index (χ0v) is 27.1. The first-order valence-electron chi connectivity index (χ1n) is 15.9. The number of nitrogens with one attached hydrogen (secondary N) is 3. The maximum atomic E-state index is 13.8. The Morgan fingerprint density at radius 2 is 1.71 bits per heavy atom. The molecule has 2 aromatic heterocycles. The highest BCUT2D eigenvalue weighted by atomic mass is 19.3. The van der Waals surface area contributed by atoms with E-state index in [0.717, 1.165) is 64.4 Å². The molecule has 3 heterocycles. The van der Waals surface area contributed by atoms with Gasteiger partial charge < -0.3 is 20.9 Å². The summed E-state index contributed by atoms with van der Waals surface area (Å²) in [6.07, 6.45) is 8.97. The number of nitrogens with zero attached hydrogens (tertiary/aromatic N) is 5. The third-order valence-electron chi connectivity index (χ3n) is 8.58. The zero-order valence-electron chi connectivity index (χ0n) is 27.1. The van der Waals surface area contributed by atoms with Crippen LogP contribution in [0.25, 0.3) is 22.4 Å². The topological polar surface area (TPSA) is 143 Å². The molecule has 254 valence electrons. The summed E-state index contributed by atoms with van der Waals surface area (Å²) in [5, 5.41) is 17.3. The van der Waals surface area contributed by atoms with Gasteiger partial charge in [0.2, 0.25) is 17.7 Å². The maximum absolute atomic E-state index is 13.8. The Balaban J connectivity index is 1.10. The molecule has 1 aliphatic carbocycles. The summed E-state index contributed by atoms with van der Waals surface area (Å²) in [6, 6.07) is 15.2. The molecule has 49 heavy (non-hydrogen) atoms. The van der Waals surface area contributed by atoms with Crippen LogP contribution < -0.4 is 16.0 Å². The SMILES string of the molecule is CCn1ccc(-c2cc(-c3cnn(C)c3)cc(C3(NC(=O)c4ccccc4CNC(=O)CNC(=O)/C=C/C(=O)N4CC(F)(F)C4)CC3)c2)n1. The average Bonchev–Trinajstić information content (AvgIpc) is 3.46. The molecule has 0 spiro atoms. The average molecular weight is 671 g/mol. The van der Waals surface area contributed by atoms with Crippen molar-refractivity contribution in [3.63, 3.8) is 0 Å². The minimum Gasteiger partial charge on any atom is -0.350 e. The fourth-order valence-corrected chi connectivity index (χ4v) is 5.67. The van der Waals surface area contributed by atoms with E-state index in [1.807, 2.05) is 37.1 Å². The molecule has 6 rings (SSSR count). The highest BCUT2D eigenvalue weighted by molar-refractivity contribution is 5.98. The van der Waals surface area contributed by atoms with Gasteiger partial charge in [0.05, 0.1) is 37.1 Å². The Morgan fingerprint density at radius 1 is 0.959 bits per heavy atom. The quantitative estimate of drug-likeness (QED) is 0.198. The highest BCUT2D eigenvalue weighted by Crippen LogP contribution is 2.47. The number of aromatic nitrogens is 4. The standard InChI is InChI=1S/C35H36F2N8O4/c1-3-45-13-10-29(42-45)25-14-24(26-18-40-43(2)20-26)15-27(16-25)34(11-12-34)41-33(49)28-7-5-4-6-23(28)17-38-31(47)19-39-30(46)8-9-32(48)44-21-35(36,37)22-44/h4-10,13-16,18,20H,3,11-12,17,19,21-22H2,1-2H3,(H,38,47)(H,39,46)(H,41,49)/b9-8+. The van der Waals surface area contributed by atoms with E-state index in [1.54, 1.807) is 35.1 Å². The molecule has 2 aromatic carbocycles. The van der Waals surface area contributed by atoms with E-state index in [0.29, 0.717) is 11.1 Å². The van der Waals surface area contributed by atoms with Crippen molar-refractivity contribution in [2.45, 2.75) is 44.3 Å². The molecule has 2 fully saturated rings. The number of hydrogen-bond acceptors (Lipinski definition) is 6. The number of carbonyl (C=O) groups is 4. The molecule has 0 radical (unpaired) electrons. The molecule has 0 bridgehead atoms. The zero-order chi connectivity index (χ0) is 34.8. The molecule has 1 saturated heterocycles. The summed E-state index contributed by atoms with van der Waals surface area (Å²) in [6.45, 7) is 1.04. The lowest BCUT2D eigenvalue weighted by Crippen LogP contribution is -2.58. The van der Waals surface area contributed by atoms with Gasteiger partial charge in [-0.25, -0.2) is 8.78 Å². The Bertz CT molecular complexity index is 1940. The normalized spacial score (nSPS) is 15.8. The largest absolute Gasteiger partial charge is 0.350 e. The molecule has 12 nitrogen and oxygen atoms in total. The molecule has 3 N–H and O–H groups in total. The summed E-state index contributed by atoms with van der Waals surface area (Å²) in [7, 11) is 1.86. The van der Waals surface area contributed by atoms with Gasteiger partial charge >= 0.3 is 0 Å². The van der Waals surface area contributed by atoms with E-state index < -0.39 is 42.3 Å². The van der Waals surface area contributed by atoms with E-state index >= 15 is 0 Å². The number of hydrogen-bond donors (Lipinski definition) is 3. The molecular weight excluding hydrogens is 634 g/mol. The lowest BCUT2D eigenvalue weighted by atomic mass is 9.94. The fourth-order valence-electron chi connectivity index (χ4n) is 5.67. The van der Waals surface area contributed by atoms with E-state index in [9.17, 15) is 28.0 Å². The van der Waals surface area contributed by atoms with Crippen molar-refractivity contribution >= 4 is 23.6 Å². The molecular formula is C35H36F2N8O4. The van der Waals surface area contributed by atoms with Gasteiger partial charge in [0.25, 0.3) is 11.8 Å². The highest BCUT2D eigenvalue weighted by Gasteiger charge is 2.47. The number of likely N-dealkylation sites (tertiary alicyclic amines) is 1. The van der Waals surface area contributed by atoms with Crippen LogP contribution in [0, 0.1) is 0 Å². The van der Waals surface area contributed by atoms with Crippen LogP contribution >= 0.6 is 0 Å². The lowest BCUT2D eigenvalue weighted by Gasteiger charge is -2.37.